The van der Waals surface area contributed by atoms with Gasteiger partial charge in [-0.15, -0.1) is 0 Å². The Labute approximate surface area is 436 Å². The van der Waals surface area contributed by atoms with Crippen molar-refractivity contribution in [2.75, 3.05) is 26.2 Å². The number of likely N-dealkylation sites (tertiary alicyclic amines) is 1. The molecule has 76 heavy (non-hydrogen) atoms. The quantitative estimate of drug-likeness (QED) is 0.0142. The first-order valence-corrected chi connectivity index (χ1v) is 24.5. The number of imidazole rings is 1. The highest BCUT2D eigenvalue weighted by Crippen LogP contribution is 2.22. The first-order chi connectivity index (χ1) is 36.3. The molecule has 1 aliphatic heterocycles. The van der Waals surface area contributed by atoms with Gasteiger partial charge in [-0.1, -0.05) is 48.5 Å². The Bertz CT molecular complexity index is 2710. The Morgan fingerprint density at radius 2 is 1.38 bits per heavy atom. The molecule has 0 saturated carbocycles. The molecule has 27 heteroatoms. The molecule has 2 aromatic heterocycles. The Balaban J connectivity index is 1.36. The van der Waals surface area contributed by atoms with Gasteiger partial charge in [0.15, 0.2) is 5.96 Å². The maximum Gasteiger partial charge on any atom is 0.322 e. The highest BCUT2D eigenvalue weighted by molar-refractivity contribution is 5.98. The third kappa shape index (κ3) is 18.0. The Morgan fingerprint density at radius 3 is 2.05 bits per heavy atom. The van der Waals surface area contributed by atoms with Gasteiger partial charge in [0, 0.05) is 67.8 Å². The summed E-state index contributed by atoms with van der Waals surface area (Å²) < 4.78 is 0. The number of aromatic amines is 2. The average molecular weight is 1060 g/mol. The molecule has 0 radical (unpaired) electrons. The van der Waals surface area contributed by atoms with Crippen molar-refractivity contribution in [2.24, 2.45) is 27.9 Å². The minimum Gasteiger partial charge on any atom is -0.480 e. The molecular formula is C49H66N16O11. The fourth-order valence-corrected chi connectivity index (χ4v) is 8.35. The molecule has 1 aliphatic rings. The molecule has 2 aromatic carbocycles. The number of rotatable bonds is 29. The van der Waals surface area contributed by atoms with E-state index in [0.717, 1.165) is 10.9 Å². The van der Waals surface area contributed by atoms with Crippen LogP contribution < -0.4 is 60.2 Å². The standard InChI is InChI=1S/C49H66N16O11/c1-27(50)42(70)62-36(20-29-22-56-32-12-6-5-11-31(29)32)46(74)60-33(13-7-17-55-49(52)53)44(72)64-37(21-30-23-54-26-59-30)48(76)65-18-8-14-38(65)47(75)61-34(15-16-39(51)66)45(73)63-35(19-28-9-3-2-4-10-28)43(71)58-24-40(67)57-25-41(68)69/h2-6,9-12,22-23,26-27,33-38,56H,7-8,13-21,24-25,50H2,1H3,(H2,51,66)(H,54,59)(H,57,67)(H,58,71)(H,60,74)(H,61,75)(H,62,70)(H,63,73)(H,64,72)(H,68,69)(H4,52,53,55)/t27-,33-,34-,35-,36-,37-,38-/m0/s1. The summed E-state index contributed by atoms with van der Waals surface area (Å²) >= 11 is 0. The lowest BCUT2D eigenvalue weighted by atomic mass is 10.0. The number of amides is 9. The summed E-state index contributed by atoms with van der Waals surface area (Å²) in [7, 11) is 0. The van der Waals surface area contributed by atoms with Crippen LogP contribution in [0.25, 0.3) is 10.9 Å². The van der Waals surface area contributed by atoms with E-state index < -0.39 is 115 Å². The number of aliphatic imine (C=N–C) groups is 1. The van der Waals surface area contributed by atoms with E-state index in [1.165, 1.54) is 24.3 Å². The van der Waals surface area contributed by atoms with Crippen molar-refractivity contribution in [3.8, 4) is 0 Å². The number of H-pyrrole nitrogens is 2. The molecule has 18 N–H and O–H groups in total. The number of nitrogens with one attached hydrogen (secondary N) is 9. The van der Waals surface area contributed by atoms with Crippen molar-refractivity contribution >= 4 is 76.0 Å². The van der Waals surface area contributed by atoms with E-state index in [2.05, 4.69) is 57.2 Å². The number of fused-ring (bicyclic) bond motifs is 1. The number of aromatic nitrogens is 3. The summed E-state index contributed by atoms with van der Waals surface area (Å²) in [6.45, 7) is 0.238. The lowest BCUT2D eigenvalue weighted by Gasteiger charge is -2.31. The zero-order valence-electron chi connectivity index (χ0n) is 41.8. The van der Waals surface area contributed by atoms with Crippen molar-refractivity contribution in [1.29, 1.82) is 0 Å². The first kappa shape index (κ1) is 58.0. The maximum atomic E-state index is 14.8. The SMILES string of the molecule is C[C@H](N)C(=O)N[C@@H](Cc1c[nH]c2ccccc12)C(=O)N[C@@H](CCCN=C(N)N)C(=O)N[C@@H](Cc1cnc[nH]1)C(=O)N1CCC[C@H]1C(=O)N[C@@H](CCC(N)=O)C(=O)N[C@@H](Cc1ccccc1)C(=O)NCC(=O)NCC(=O)O. The second-order valence-corrected chi connectivity index (χ2v) is 18.2. The zero-order chi connectivity index (χ0) is 55.3. The molecule has 1 fully saturated rings. The van der Waals surface area contributed by atoms with E-state index in [1.54, 1.807) is 36.5 Å². The third-order valence-electron chi connectivity index (χ3n) is 12.2. The number of guanidine groups is 1. The number of benzene rings is 2. The summed E-state index contributed by atoms with van der Waals surface area (Å²) in [5.74, 6) is -8.55. The third-order valence-corrected chi connectivity index (χ3v) is 12.2. The highest BCUT2D eigenvalue weighted by atomic mass is 16.4. The van der Waals surface area contributed by atoms with E-state index in [0.29, 0.717) is 23.2 Å². The number of carbonyl (C=O) groups is 10. The van der Waals surface area contributed by atoms with Gasteiger partial charge in [0.2, 0.25) is 53.2 Å². The molecule has 3 heterocycles. The Morgan fingerprint density at radius 1 is 0.737 bits per heavy atom. The number of nitrogens with two attached hydrogens (primary N) is 4. The van der Waals surface area contributed by atoms with Crippen LogP contribution in [-0.2, 0) is 67.2 Å². The van der Waals surface area contributed by atoms with Gasteiger partial charge in [-0.3, -0.25) is 52.9 Å². The number of primary amides is 1. The minimum absolute atomic E-state index is 0.00228. The summed E-state index contributed by atoms with van der Waals surface area (Å²) in [6, 6.07) is 6.91. The van der Waals surface area contributed by atoms with Gasteiger partial charge < -0.3 is 80.1 Å². The minimum atomic E-state index is -1.48. The molecule has 4 aromatic rings. The number of hydrogen-bond donors (Lipinski definition) is 14. The molecule has 0 aliphatic carbocycles. The van der Waals surface area contributed by atoms with E-state index in [9.17, 15) is 47.9 Å². The Kier molecular flexibility index (Phi) is 21.8. The molecule has 27 nitrogen and oxygen atoms in total. The van der Waals surface area contributed by atoms with Gasteiger partial charge in [-0.25, -0.2) is 4.98 Å². The van der Waals surface area contributed by atoms with Crippen LogP contribution in [-0.4, -0.2) is 159 Å². The number of para-hydroxylation sites is 1. The Hall–Kier alpha value is -8.88. The number of hydrogen-bond acceptors (Lipinski definition) is 13. The molecule has 1 saturated heterocycles. The van der Waals surface area contributed by atoms with Gasteiger partial charge in [0.25, 0.3) is 0 Å². The molecule has 9 amide bonds. The van der Waals surface area contributed by atoms with Crippen LogP contribution in [0.3, 0.4) is 0 Å². The normalized spacial score (nSPS) is 15.3. The molecule has 0 unspecified atom stereocenters. The van der Waals surface area contributed by atoms with Gasteiger partial charge >= 0.3 is 5.97 Å². The molecule has 5 rings (SSSR count). The fraction of sp³-hybridized carbons (Fsp3) is 0.429. The number of aliphatic carboxylic acids is 1. The van der Waals surface area contributed by atoms with Crippen LogP contribution in [0.4, 0.5) is 0 Å². The zero-order valence-corrected chi connectivity index (χ0v) is 41.8. The van der Waals surface area contributed by atoms with Crippen LogP contribution in [0, 0.1) is 0 Å². The van der Waals surface area contributed by atoms with E-state index in [1.807, 2.05) is 24.3 Å². The van der Waals surface area contributed by atoms with Crippen LogP contribution >= 0.6 is 0 Å². The maximum absolute atomic E-state index is 14.8. The largest absolute Gasteiger partial charge is 0.480 e. The second kappa shape index (κ2) is 28.5. The van der Waals surface area contributed by atoms with Gasteiger partial charge in [-0.05, 0) is 56.2 Å². The summed E-state index contributed by atoms with van der Waals surface area (Å²) in [4.78, 5) is 149. The fourth-order valence-electron chi connectivity index (χ4n) is 8.35. The monoisotopic (exact) mass is 1050 g/mol. The lowest BCUT2D eigenvalue weighted by Crippen LogP contribution is -2.60. The molecular weight excluding hydrogens is 989 g/mol. The summed E-state index contributed by atoms with van der Waals surface area (Å²) in [6.07, 6.45) is 4.14. The van der Waals surface area contributed by atoms with Crippen LogP contribution in [0.1, 0.15) is 62.3 Å². The van der Waals surface area contributed by atoms with Crippen molar-refractivity contribution in [1.82, 2.24) is 57.1 Å². The predicted molar refractivity (Wildman–Crippen MR) is 274 cm³/mol. The number of carboxylic acid groups (broad SMARTS) is 1. The van der Waals surface area contributed by atoms with Gasteiger partial charge in [0.05, 0.1) is 18.9 Å². The number of carboxylic acids is 1. The summed E-state index contributed by atoms with van der Waals surface area (Å²) in [5.41, 5.74) is 24.9. The van der Waals surface area contributed by atoms with Crippen molar-refractivity contribution in [3.05, 3.63) is 90.1 Å². The van der Waals surface area contributed by atoms with E-state index in [-0.39, 0.29) is 70.4 Å². The highest BCUT2D eigenvalue weighted by Gasteiger charge is 2.40. The number of nitrogens with zero attached hydrogens (tertiary/aromatic N) is 3. The predicted octanol–water partition coefficient (Wildman–Crippen LogP) is -3.68. The van der Waals surface area contributed by atoms with Gasteiger partial charge in [0.1, 0.15) is 42.8 Å². The molecule has 7 atom stereocenters. The lowest BCUT2D eigenvalue weighted by molar-refractivity contribution is -0.142. The topological polar surface area (TPSA) is 439 Å². The van der Waals surface area contributed by atoms with Crippen molar-refractivity contribution in [2.45, 2.75) is 107 Å². The van der Waals surface area contributed by atoms with Crippen molar-refractivity contribution < 1.29 is 53.1 Å². The van der Waals surface area contributed by atoms with Crippen LogP contribution in [0.15, 0.2) is 78.3 Å². The second-order valence-electron chi connectivity index (χ2n) is 18.2. The summed E-state index contributed by atoms with van der Waals surface area (Å²) in [5, 5.41) is 27.6. The van der Waals surface area contributed by atoms with E-state index >= 15 is 0 Å². The van der Waals surface area contributed by atoms with Crippen molar-refractivity contribution in [3.63, 3.8) is 0 Å². The smallest absolute Gasteiger partial charge is 0.322 e. The molecule has 0 bridgehead atoms. The first-order valence-electron chi connectivity index (χ1n) is 24.5. The molecule has 0 spiro atoms. The average Bonchev–Trinajstić information content (AvgIpc) is 4.19. The van der Waals surface area contributed by atoms with E-state index in [4.69, 9.17) is 28.0 Å². The van der Waals surface area contributed by atoms with Crippen LogP contribution in [0.5, 0.6) is 0 Å². The van der Waals surface area contributed by atoms with Gasteiger partial charge in [-0.2, -0.15) is 0 Å². The van der Waals surface area contributed by atoms with Crippen LogP contribution in [0.2, 0.25) is 0 Å². The number of carbonyl (C=O) groups excluding carboxylic acids is 9. The molecule has 408 valence electrons.